The molecule has 0 saturated heterocycles. The minimum absolute atomic E-state index is 0.149. The molecule has 0 aliphatic carbocycles. The molecule has 0 aliphatic heterocycles. The summed E-state index contributed by atoms with van der Waals surface area (Å²) in [5.41, 5.74) is 3.81. The first kappa shape index (κ1) is 15.4. The number of benzene rings is 2. The highest BCUT2D eigenvalue weighted by atomic mass is 16.1. The van der Waals surface area contributed by atoms with E-state index in [1.165, 1.54) is 0 Å². The Kier molecular flexibility index (Phi) is 4.64. The summed E-state index contributed by atoms with van der Waals surface area (Å²) < 4.78 is 0. The molecule has 1 radical (unpaired) electrons. The lowest BCUT2D eigenvalue weighted by molar-refractivity contribution is 0.0951. The summed E-state index contributed by atoms with van der Waals surface area (Å²) in [5, 5.41) is 11.7. The quantitative estimate of drug-likeness (QED) is 0.803. The van der Waals surface area contributed by atoms with Crippen LogP contribution in [0, 0.1) is 17.4 Å². The van der Waals surface area contributed by atoms with E-state index < -0.39 is 0 Å². The van der Waals surface area contributed by atoms with Crippen LogP contribution in [-0.2, 0) is 6.54 Å². The van der Waals surface area contributed by atoms with Gasteiger partial charge in [0.25, 0.3) is 5.91 Å². The van der Waals surface area contributed by atoms with Gasteiger partial charge in [-0.25, -0.2) is 0 Å². The van der Waals surface area contributed by atoms with Gasteiger partial charge in [-0.2, -0.15) is 5.26 Å². The lowest BCUT2D eigenvalue weighted by Gasteiger charge is -2.07. The minimum atomic E-state index is -0.149. The van der Waals surface area contributed by atoms with Crippen molar-refractivity contribution in [3.63, 3.8) is 0 Å². The SMILES string of the molecule is N#Cc1ccc(CNC(=O)c2cccc(-c3cc[c]cn3)c2)cc1. The number of hydrogen-bond donors (Lipinski definition) is 1. The topological polar surface area (TPSA) is 65.8 Å². The summed E-state index contributed by atoms with van der Waals surface area (Å²) in [6.45, 7) is 0.410. The molecule has 2 aromatic carbocycles. The molecular formula is C20H14N3O. The summed E-state index contributed by atoms with van der Waals surface area (Å²) in [7, 11) is 0. The van der Waals surface area contributed by atoms with E-state index in [-0.39, 0.29) is 5.91 Å². The number of amides is 1. The lowest BCUT2D eigenvalue weighted by Crippen LogP contribution is -2.22. The summed E-state index contributed by atoms with van der Waals surface area (Å²) in [4.78, 5) is 16.6. The van der Waals surface area contributed by atoms with E-state index in [0.29, 0.717) is 17.7 Å². The van der Waals surface area contributed by atoms with Gasteiger partial charge in [0.2, 0.25) is 0 Å². The molecule has 1 amide bonds. The molecule has 1 N–H and O–H groups in total. The van der Waals surface area contributed by atoms with E-state index in [1.54, 1.807) is 30.5 Å². The van der Waals surface area contributed by atoms with Gasteiger partial charge in [-0.15, -0.1) is 0 Å². The second-order valence-electron chi connectivity index (χ2n) is 5.22. The molecule has 1 heterocycles. The number of carbonyl (C=O) groups excluding carboxylic acids is 1. The van der Waals surface area contributed by atoms with Gasteiger partial charge in [-0.3, -0.25) is 9.78 Å². The Morgan fingerprint density at radius 2 is 2.00 bits per heavy atom. The van der Waals surface area contributed by atoms with Crippen LogP contribution in [0.15, 0.2) is 66.9 Å². The Labute approximate surface area is 140 Å². The fourth-order valence-corrected chi connectivity index (χ4v) is 2.29. The first-order valence-electron chi connectivity index (χ1n) is 7.46. The second-order valence-corrected chi connectivity index (χ2v) is 5.22. The van der Waals surface area contributed by atoms with Crippen LogP contribution in [0.25, 0.3) is 11.3 Å². The normalized spacial score (nSPS) is 9.96. The average Bonchev–Trinajstić information content (AvgIpc) is 2.67. The predicted molar refractivity (Wildman–Crippen MR) is 90.8 cm³/mol. The van der Waals surface area contributed by atoms with Crippen molar-refractivity contribution in [2.24, 2.45) is 0 Å². The maximum atomic E-state index is 12.3. The Bertz CT molecular complexity index is 881. The van der Waals surface area contributed by atoms with E-state index >= 15 is 0 Å². The Balaban J connectivity index is 1.70. The molecule has 3 rings (SSSR count). The van der Waals surface area contributed by atoms with Gasteiger partial charge < -0.3 is 5.32 Å². The van der Waals surface area contributed by atoms with E-state index in [2.05, 4.69) is 22.4 Å². The highest BCUT2D eigenvalue weighted by Gasteiger charge is 2.07. The lowest BCUT2D eigenvalue weighted by atomic mass is 10.1. The predicted octanol–water partition coefficient (Wildman–Crippen LogP) is 3.35. The number of aromatic nitrogens is 1. The van der Waals surface area contributed by atoms with Gasteiger partial charge in [-0.1, -0.05) is 30.3 Å². The first-order valence-corrected chi connectivity index (χ1v) is 7.46. The van der Waals surface area contributed by atoms with Crippen LogP contribution >= 0.6 is 0 Å². The van der Waals surface area contributed by atoms with Gasteiger partial charge in [-0.05, 0) is 35.9 Å². The molecular weight excluding hydrogens is 298 g/mol. The van der Waals surface area contributed by atoms with Crippen molar-refractivity contribution in [2.45, 2.75) is 6.54 Å². The standard InChI is InChI=1S/C20H14N3O/c21-13-15-7-9-16(10-8-15)14-23-20(24)18-5-3-4-17(12-18)19-6-1-2-11-22-19/h1,3-12H,14H2,(H,23,24). The minimum Gasteiger partial charge on any atom is -0.348 e. The van der Waals surface area contributed by atoms with Crippen molar-refractivity contribution in [3.05, 3.63) is 89.6 Å². The van der Waals surface area contributed by atoms with Crippen molar-refractivity contribution in [1.29, 1.82) is 5.26 Å². The second kappa shape index (κ2) is 7.21. The zero-order valence-corrected chi connectivity index (χ0v) is 12.9. The molecule has 0 saturated carbocycles. The van der Waals surface area contributed by atoms with E-state index in [4.69, 9.17) is 5.26 Å². The van der Waals surface area contributed by atoms with Crippen molar-refractivity contribution in [3.8, 4) is 17.3 Å². The van der Waals surface area contributed by atoms with Gasteiger partial charge in [0, 0.05) is 29.9 Å². The largest absolute Gasteiger partial charge is 0.348 e. The van der Waals surface area contributed by atoms with Crippen molar-refractivity contribution >= 4 is 5.91 Å². The van der Waals surface area contributed by atoms with Gasteiger partial charge in [0.05, 0.1) is 17.3 Å². The molecule has 115 valence electrons. The number of rotatable bonds is 4. The molecule has 0 atom stereocenters. The molecule has 3 aromatic rings. The number of nitriles is 1. The third kappa shape index (κ3) is 3.65. The van der Waals surface area contributed by atoms with Crippen LogP contribution in [0.2, 0.25) is 0 Å². The molecule has 0 bridgehead atoms. The molecule has 0 aliphatic rings. The third-order valence-electron chi connectivity index (χ3n) is 3.57. The van der Waals surface area contributed by atoms with Crippen molar-refractivity contribution in [1.82, 2.24) is 10.3 Å². The summed E-state index contributed by atoms with van der Waals surface area (Å²) in [6.07, 6.45) is 1.60. The Morgan fingerprint density at radius 1 is 1.17 bits per heavy atom. The van der Waals surface area contributed by atoms with Gasteiger partial charge in [0.15, 0.2) is 0 Å². The van der Waals surface area contributed by atoms with Crippen LogP contribution in [-0.4, -0.2) is 10.9 Å². The number of carbonyl (C=O) groups is 1. The van der Waals surface area contributed by atoms with Crippen molar-refractivity contribution < 1.29 is 4.79 Å². The average molecular weight is 312 g/mol. The summed E-state index contributed by atoms with van der Waals surface area (Å²) in [6, 6.07) is 23.1. The highest BCUT2D eigenvalue weighted by molar-refractivity contribution is 5.95. The van der Waals surface area contributed by atoms with E-state index in [9.17, 15) is 4.79 Å². The highest BCUT2D eigenvalue weighted by Crippen LogP contribution is 2.17. The van der Waals surface area contributed by atoms with Crippen LogP contribution < -0.4 is 5.32 Å². The van der Waals surface area contributed by atoms with E-state index in [0.717, 1.165) is 16.8 Å². The Hall–Kier alpha value is -3.45. The summed E-state index contributed by atoms with van der Waals surface area (Å²) in [5.74, 6) is -0.149. The summed E-state index contributed by atoms with van der Waals surface area (Å²) >= 11 is 0. The molecule has 0 unspecified atom stereocenters. The molecule has 0 spiro atoms. The van der Waals surface area contributed by atoms with Gasteiger partial charge in [0.1, 0.15) is 0 Å². The molecule has 4 nitrogen and oxygen atoms in total. The maximum Gasteiger partial charge on any atom is 0.251 e. The van der Waals surface area contributed by atoms with Crippen LogP contribution in [0.4, 0.5) is 0 Å². The van der Waals surface area contributed by atoms with Crippen LogP contribution in [0.5, 0.6) is 0 Å². The third-order valence-corrected chi connectivity index (χ3v) is 3.57. The number of pyridine rings is 1. The molecule has 1 aromatic heterocycles. The number of nitrogens with one attached hydrogen (secondary N) is 1. The molecule has 24 heavy (non-hydrogen) atoms. The fraction of sp³-hybridized carbons (Fsp3) is 0.0500. The number of hydrogen-bond acceptors (Lipinski definition) is 3. The smallest absolute Gasteiger partial charge is 0.251 e. The zero-order chi connectivity index (χ0) is 16.8. The zero-order valence-electron chi connectivity index (χ0n) is 12.9. The monoisotopic (exact) mass is 312 g/mol. The van der Waals surface area contributed by atoms with E-state index in [1.807, 2.05) is 36.4 Å². The number of nitrogens with zero attached hydrogens (tertiary/aromatic N) is 2. The van der Waals surface area contributed by atoms with Crippen molar-refractivity contribution in [2.75, 3.05) is 0 Å². The Morgan fingerprint density at radius 3 is 2.71 bits per heavy atom. The van der Waals surface area contributed by atoms with Crippen LogP contribution in [0.1, 0.15) is 21.5 Å². The fourth-order valence-electron chi connectivity index (χ4n) is 2.29. The maximum absolute atomic E-state index is 12.3. The molecule has 4 heteroatoms. The van der Waals surface area contributed by atoms with Gasteiger partial charge >= 0.3 is 0 Å². The molecule has 0 fully saturated rings. The van der Waals surface area contributed by atoms with Crippen LogP contribution in [0.3, 0.4) is 0 Å². The first-order chi connectivity index (χ1) is 11.8.